The van der Waals surface area contributed by atoms with Crippen molar-refractivity contribution in [3.8, 4) is 11.3 Å². The maximum absolute atomic E-state index is 11.5. The Hall–Kier alpha value is -2.11. The summed E-state index contributed by atoms with van der Waals surface area (Å²) in [5.74, 6) is -0.399. The van der Waals surface area contributed by atoms with Gasteiger partial charge in [-0.2, -0.15) is 10.2 Å². The van der Waals surface area contributed by atoms with Gasteiger partial charge in [-0.05, 0) is 12.8 Å². The average Bonchev–Trinajstić information content (AvgIpc) is 2.92. The SMILES string of the molecule is COC(=O)c1n[nH]c2c1CCc1[nH]ncc1-2. The van der Waals surface area contributed by atoms with Crippen molar-refractivity contribution < 1.29 is 9.53 Å². The molecule has 2 aromatic rings. The fraction of sp³-hybridized carbons (Fsp3) is 0.300. The van der Waals surface area contributed by atoms with Crippen LogP contribution < -0.4 is 0 Å². The molecule has 0 aliphatic heterocycles. The van der Waals surface area contributed by atoms with Crippen molar-refractivity contribution in [2.45, 2.75) is 12.8 Å². The van der Waals surface area contributed by atoms with E-state index in [4.69, 9.17) is 0 Å². The molecule has 82 valence electrons. The first-order valence-electron chi connectivity index (χ1n) is 4.99. The van der Waals surface area contributed by atoms with E-state index in [1.807, 2.05) is 0 Å². The number of hydrogen-bond donors (Lipinski definition) is 2. The van der Waals surface area contributed by atoms with Gasteiger partial charge in [0.2, 0.25) is 0 Å². The maximum atomic E-state index is 11.5. The zero-order chi connectivity index (χ0) is 11.1. The molecule has 0 saturated heterocycles. The first-order chi connectivity index (χ1) is 7.81. The standard InChI is InChI=1S/C10H10N4O2/c1-16-10(15)9-5-2-3-7-6(4-11-12-7)8(5)13-14-9/h4H,2-3H2,1H3,(H,11,12)(H,13,14). The van der Waals surface area contributed by atoms with E-state index < -0.39 is 5.97 Å². The van der Waals surface area contributed by atoms with Crippen LogP contribution in [-0.2, 0) is 17.6 Å². The van der Waals surface area contributed by atoms with Crippen LogP contribution in [0.2, 0.25) is 0 Å². The Morgan fingerprint density at radius 3 is 3.12 bits per heavy atom. The third-order valence-electron chi connectivity index (χ3n) is 2.86. The minimum Gasteiger partial charge on any atom is -0.464 e. The molecule has 0 fully saturated rings. The van der Waals surface area contributed by atoms with E-state index in [-0.39, 0.29) is 0 Å². The number of aromatic amines is 2. The Morgan fingerprint density at radius 1 is 1.44 bits per heavy atom. The molecule has 0 saturated carbocycles. The molecular weight excluding hydrogens is 208 g/mol. The Balaban J connectivity index is 2.15. The van der Waals surface area contributed by atoms with E-state index in [2.05, 4.69) is 25.1 Å². The molecule has 2 aromatic heterocycles. The fourth-order valence-electron chi connectivity index (χ4n) is 2.07. The van der Waals surface area contributed by atoms with Gasteiger partial charge >= 0.3 is 5.97 Å². The molecule has 0 bridgehead atoms. The Labute approximate surface area is 91.0 Å². The number of hydrogen-bond acceptors (Lipinski definition) is 4. The van der Waals surface area contributed by atoms with Crippen molar-refractivity contribution >= 4 is 5.97 Å². The molecule has 1 aliphatic rings. The normalized spacial score (nSPS) is 13.1. The van der Waals surface area contributed by atoms with Crippen LogP contribution in [0.4, 0.5) is 0 Å². The summed E-state index contributed by atoms with van der Waals surface area (Å²) in [4.78, 5) is 11.5. The highest BCUT2D eigenvalue weighted by molar-refractivity contribution is 5.91. The quantitative estimate of drug-likeness (QED) is 0.689. The van der Waals surface area contributed by atoms with Crippen molar-refractivity contribution in [2.75, 3.05) is 7.11 Å². The van der Waals surface area contributed by atoms with E-state index in [0.717, 1.165) is 35.4 Å². The fourth-order valence-corrected chi connectivity index (χ4v) is 2.07. The number of H-pyrrole nitrogens is 2. The number of aromatic nitrogens is 4. The molecule has 0 unspecified atom stereocenters. The molecular formula is C10H10N4O2. The van der Waals surface area contributed by atoms with Gasteiger partial charge in [0.1, 0.15) is 0 Å². The first-order valence-corrected chi connectivity index (χ1v) is 4.99. The monoisotopic (exact) mass is 218 g/mol. The highest BCUT2D eigenvalue weighted by Gasteiger charge is 2.26. The molecule has 6 nitrogen and oxygen atoms in total. The number of carbonyl (C=O) groups is 1. The van der Waals surface area contributed by atoms with Gasteiger partial charge in [-0.15, -0.1) is 0 Å². The van der Waals surface area contributed by atoms with E-state index in [0.29, 0.717) is 5.69 Å². The predicted octanol–water partition coefficient (Wildman–Crippen LogP) is 0.685. The van der Waals surface area contributed by atoms with E-state index >= 15 is 0 Å². The lowest BCUT2D eigenvalue weighted by molar-refractivity contribution is 0.0592. The maximum Gasteiger partial charge on any atom is 0.358 e. The smallest absolute Gasteiger partial charge is 0.358 e. The van der Waals surface area contributed by atoms with Crippen LogP contribution in [0.5, 0.6) is 0 Å². The second-order valence-corrected chi connectivity index (χ2v) is 3.68. The van der Waals surface area contributed by atoms with Gasteiger partial charge in [0, 0.05) is 16.8 Å². The van der Waals surface area contributed by atoms with Crippen molar-refractivity contribution in [2.24, 2.45) is 0 Å². The summed E-state index contributed by atoms with van der Waals surface area (Å²) in [5, 5.41) is 13.8. The molecule has 0 spiro atoms. The van der Waals surface area contributed by atoms with Crippen LogP contribution in [0.1, 0.15) is 21.7 Å². The van der Waals surface area contributed by atoms with Crippen LogP contribution in [0.3, 0.4) is 0 Å². The molecule has 2 N–H and O–H groups in total. The number of nitrogens with one attached hydrogen (secondary N) is 2. The van der Waals surface area contributed by atoms with Gasteiger partial charge in [-0.3, -0.25) is 10.2 Å². The van der Waals surface area contributed by atoms with Crippen LogP contribution in [0.15, 0.2) is 6.20 Å². The van der Waals surface area contributed by atoms with Gasteiger partial charge in [0.05, 0.1) is 19.0 Å². The third-order valence-corrected chi connectivity index (χ3v) is 2.86. The van der Waals surface area contributed by atoms with Gasteiger partial charge in [0.15, 0.2) is 5.69 Å². The zero-order valence-electron chi connectivity index (χ0n) is 8.70. The summed E-state index contributed by atoms with van der Waals surface area (Å²) < 4.78 is 4.69. The highest BCUT2D eigenvalue weighted by Crippen LogP contribution is 2.32. The number of nitrogens with zero attached hydrogens (tertiary/aromatic N) is 2. The van der Waals surface area contributed by atoms with Crippen molar-refractivity contribution in [3.05, 3.63) is 23.1 Å². The van der Waals surface area contributed by atoms with Crippen LogP contribution >= 0.6 is 0 Å². The van der Waals surface area contributed by atoms with Crippen molar-refractivity contribution in [3.63, 3.8) is 0 Å². The van der Waals surface area contributed by atoms with Crippen LogP contribution in [0, 0.1) is 0 Å². The number of carbonyl (C=O) groups excluding carboxylic acids is 1. The number of esters is 1. The summed E-state index contributed by atoms with van der Waals surface area (Å²) in [6.07, 6.45) is 3.35. The Morgan fingerprint density at radius 2 is 2.31 bits per heavy atom. The molecule has 3 rings (SSSR count). The summed E-state index contributed by atoms with van der Waals surface area (Å²) in [7, 11) is 1.36. The van der Waals surface area contributed by atoms with Gasteiger partial charge < -0.3 is 4.74 Å². The van der Waals surface area contributed by atoms with Gasteiger partial charge in [0.25, 0.3) is 0 Å². The predicted molar refractivity (Wildman–Crippen MR) is 54.9 cm³/mol. The molecule has 0 atom stereocenters. The molecule has 0 amide bonds. The topological polar surface area (TPSA) is 83.7 Å². The number of rotatable bonds is 1. The van der Waals surface area contributed by atoms with Gasteiger partial charge in [-0.1, -0.05) is 0 Å². The largest absolute Gasteiger partial charge is 0.464 e. The minimum absolute atomic E-state index is 0.379. The Bertz CT molecular complexity index is 555. The zero-order valence-corrected chi connectivity index (χ0v) is 8.70. The molecule has 2 heterocycles. The lowest BCUT2D eigenvalue weighted by Crippen LogP contribution is -2.08. The highest BCUT2D eigenvalue weighted by atomic mass is 16.5. The van der Waals surface area contributed by atoms with Crippen LogP contribution in [0.25, 0.3) is 11.3 Å². The average molecular weight is 218 g/mol. The van der Waals surface area contributed by atoms with E-state index in [1.54, 1.807) is 6.20 Å². The number of fused-ring (bicyclic) bond motifs is 3. The summed E-state index contributed by atoms with van der Waals surface area (Å²) >= 11 is 0. The lowest BCUT2D eigenvalue weighted by Gasteiger charge is -2.10. The second kappa shape index (κ2) is 3.19. The molecule has 1 aliphatic carbocycles. The Kier molecular flexibility index (Phi) is 1.82. The minimum atomic E-state index is -0.399. The molecule has 0 aromatic carbocycles. The number of ether oxygens (including phenoxy) is 1. The van der Waals surface area contributed by atoms with E-state index in [1.165, 1.54) is 7.11 Å². The summed E-state index contributed by atoms with van der Waals surface area (Å²) in [6, 6.07) is 0. The number of aryl methyl sites for hydroxylation is 1. The first kappa shape index (κ1) is 9.14. The molecule has 16 heavy (non-hydrogen) atoms. The summed E-state index contributed by atoms with van der Waals surface area (Å²) in [5.41, 5.74) is 4.23. The summed E-state index contributed by atoms with van der Waals surface area (Å²) in [6.45, 7) is 0. The van der Waals surface area contributed by atoms with Gasteiger partial charge in [-0.25, -0.2) is 4.79 Å². The van der Waals surface area contributed by atoms with Crippen molar-refractivity contribution in [1.29, 1.82) is 0 Å². The molecule has 6 heteroatoms. The van der Waals surface area contributed by atoms with Crippen LogP contribution in [-0.4, -0.2) is 33.5 Å². The van der Waals surface area contributed by atoms with E-state index in [9.17, 15) is 4.79 Å². The van der Waals surface area contributed by atoms with Crippen molar-refractivity contribution in [1.82, 2.24) is 20.4 Å². The second-order valence-electron chi connectivity index (χ2n) is 3.68. The molecule has 0 radical (unpaired) electrons. The number of methoxy groups -OCH3 is 1. The third kappa shape index (κ3) is 1.09. The lowest BCUT2D eigenvalue weighted by atomic mass is 9.94.